The Bertz CT molecular complexity index is 542. The zero-order valence-electron chi connectivity index (χ0n) is 10.6. The first-order valence-electron chi connectivity index (χ1n) is 5.72. The predicted molar refractivity (Wildman–Crippen MR) is 78.8 cm³/mol. The van der Waals surface area contributed by atoms with Crippen LogP contribution in [-0.4, -0.2) is 7.05 Å². The molecule has 18 heavy (non-hydrogen) atoms. The molecule has 0 saturated carbocycles. The fourth-order valence-electron chi connectivity index (χ4n) is 2.20. The van der Waals surface area contributed by atoms with E-state index in [1.807, 2.05) is 39.1 Å². The van der Waals surface area contributed by atoms with Gasteiger partial charge in [-0.15, -0.1) is 11.3 Å². The number of hydrogen-bond acceptors (Lipinski definition) is 2. The van der Waals surface area contributed by atoms with E-state index in [-0.39, 0.29) is 11.9 Å². The molecule has 1 heterocycles. The van der Waals surface area contributed by atoms with Crippen LogP contribution >= 0.6 is 27.3 Å². The van der Waals surface area contributed by atoms with Crippen molar-refractivity contribution in [3.8, 4) is 0 Å². The normalized spacial score (nSPS) is 12.7. The average Bonchev–Trinajstić information content (AvgIpc) is 2.69. The molecule has 0 radical (unpaired) electrons. The number of thiophene rings is 1. The van der Waals surface area contributed by atoms with Crippen molar-refractivity contribution in [3.63, 3.8) is 0 Å². The Morgan fingerprint density at radius 3 is 2.50 bits per heavy atom. The Morgan fingerprint density at radius 2 is 2.00 bits per heavy atom. The molecule has 4 heteroatoms. The van der Waals surface area contributed by atoms with Crippen molar-refractivity contribution < 1.29 is 4.39 Å². The van der Waals surface area contributed by atoms with Crippen LogP contribution < -0.4 is 5.32 Å². The molecule has 0 aliphatic carbocycles. The van der Waals surface area contributed by atoms with E-state index in [1.54, 1.807) is 17.4 Å². The summed E-state index contributed by atoms with van der Waals surface area (Å²) in [5, 5.41) is 3.20. The van der Waals surface area contributed by atoms with Gasteiger partial charge in [0.25, 0.3) is 0 Å². The van der Waals surface area contributed by atoms with Crippen molar-refractivity contribution >= 4 is 27.3 Å². The van der Waals surface area contributed by atoms with Crippen LogP contribution in [0.15, 0.2) is 28.1 Å². The Morgan fingerprint density at radius 1 is 1.28 bits per heavy atom. The zero-order valence-corrected chi connectivity index (χ0v) is 13.0. The van der Waals surface area contributed by atoms with Crippen molar-refractivity contribution in [2.45, 2.75) is 19.9 Å². The van der Waals surface area contributed by atoms with Gasteiger partial charge in [0.2, 0.25) is 0 Å². The third-order valence-electron chi connectivity index (χ3n) is 2.94. The molecule has 0 amide bonds. The van der Waals surface area contributed by atoms with Gasteiger partial charge in [0.1, 0.15) is 5.82 Å². The lowest BCUT2D eigenvalue weighted by Gasteiger charge is -2.19. The highest BCUT2D eigenvalue weighted by Crippen LogP contribution is 2.34. The minimum atomic E-state index is -0.142. The van der Waals surface area contributed by atoms with Gasteiger partial charge in [-0.2, -0.15) is 0 Å². The first-order chi connectivity index (χ1) is 8.52. The van der Waals surface area contributed by atoms with Crippen molar-refractivity contribution in [2.75, 3.05) is 7.05 Å². The zero-order chi connectivity index (χ0) is 13.3. The SMILES string of the molecule is CNC(c1ccc(Br)s1)c1c(C)cc(C)cc1F. The third-order valence-corrected chi connectivity index (χ3v) is 4.63. The predicted octanol–water partition coefficient (Wildman–Crippen LogP) is 4.58. The monoisotopic (exact) mass is 327 g/mol. The van der Waals surface area contributed by atoms with E-state index in [2.05, 4.69) is 21.2 Å². The molecular weight excluding hydrogens is 313 g/mol. The van der Waals surface area contributed by atoms with E-state index in [0.29, 0.717) is 0 Å². The van der Waals surface area contributed by atoms with Gasteiger partial charge in [0, 0.05) is 10.4 Å². The molecule has 1 aromatic carbocycles. The highest BCUT2D eigenvalue weighted by atomic mass is 79.9. The van der Waals surface area contributed by atoms with Crippen molar-refractivity contribution in [2.24, 2.45) is 0 Å². The van der Waals surface area contributed by atoms with Gasteiger partial charge in [-0.05, 0) is 66.2 Å². The molecular formula is C14H15BrFNS. The maximum absolute atomic E-state index is 14.2. The second kappa shape index (κ2) is 5.51. The standard InChI is InChI=1S/C14H15BrFNS/c1-8-6-9(2)13(10(16)7-8)14(17-3)11-4-5-12(15)18-11/h4-7,14,17H,1-3H3. The molecule has 2 rings (SSSR count). The summed E-state index contributed by atoms with van der Waals surface area (Å²) >= 11 is 5.07. The maximum atomic E-state index is 14.2. The topological polar surface area (TPSA) is 12.0 Å². The summed E-state index contributed by atoms with van der Waals surface area (Å²) in [6.07, 6.45) is 0. The van der Waals surface area contributed by atoms with Gasteiger partial charge in [0.05, 0.1) is 9.83 Å². The summed E-state index contributed by atoms with van der Waals surface area (Å²) in [7, 11) is 1.86. The lowest BCUT2D eigenvalue weighted by atomic mass is 9.97. The van der Waals surface area contributed by atoms with Gasteiger partial charge < -0.3 is 5.32 Å². The summed E-state index contributed by atoms with van der Waals surface area (Å²) in [5.74, 6) is -0.142. The number of aryl methyl sites for hydroxylation is 2. The molecule has 96 valence electrons. The molecule has 2 aromatic rings. The van der Waals surface area contributed by atoms with Crippen LogP contribution in [0.25, 0.3) is 0 Å². The first kappa shape index (κ1) is 13.7. The van der Waals surface area contributed by atoms with E-state index in [0.717, 1.165) is 25.4 Å². The molecule has 1 nitrogen and oxygen atoms in total. The number of halogens is 2. The fourth-order valence-corrected chi connectivity index (χ4v) is 3.75. The van der Waals surface area contributed by atoms with Gasteiger partial charge >= 0.3 is 0 Å². The Hall–Kier alpha value is -0.710. The van der Waals surface area contributed by atoms with Crippen LogP contribution in [0.3, 0.4) is 0 Å². The molecule has 0 spiro atoms. The highest BCUT2D eigenvalue weighted by molar-refractivity contribution is 9.11. The van der Waals surface area contributed by atoms with Crippen LogP contribution in [0.1, 0.15) is 27.6 Å². The summed E-state index contributed by atoms with van der Waals surface area (Å²) in [5.41, 5.74) is 2.67. The lowest BCUT2D eigenvalue weighted by molar-refractivity contribution is 0.575. The van der Waals surface area contributed by atoms with E-state index < -0.39 is 0 Å². The molecule has 1 unspecified atom stereocenters. The van der Waals surface area contributed by atoms with E-state index in [1.165, 1.54) is 0 Å². The van der Waals surface area contributed by atoms with Gasteiger partial charge in [0.15, 0.2) is 0 Å². The van der Waals surface area contributed by atoms with E-state index >= 15 is 0 Å². The number of benzene rings is 1. The molecule has 1 aromatic heterocycles. The molecule has 1 N–H and O–H groups in total. The van der Waals surface area contributed by atoms with Crippen molar-refractivity contribution in [3.05, 3.63) is 55.4 Å². The number of hydrogen-bond donors (Lipinski definition) is 1. The summed E-state index contributed by atoms with van der Waals surface area (Å²) in [6, 6.07) is 7.53. The lowest BCUT2D eigenvalue weighted by Crippen LogP contribution is -2.19. The van der Waals surface area contributed by atoms with Crippen LogP contribution in [0.2, 0.25) is 0 Å². The Balaban J connectivity index is 2.51. The third kappa shape index (κ3) is 2.66. The van der Waals surface area contributed by atoms with Gasteiger partial charge in [-0.3, -0.25) is 0 Å². The number of nitrogens with one attached hydrogen (secondary N) is 1. The summed E-state index contributed by atoms with van der Waals surface area (Å²) in [6.45, 7) is 3.87. The minimum Gasteiger partial charge on any atom is -0.309 e. The minimum absolute atomic E-state index is 0.0955. The maximum Gasteiger partial charge on any atom is 0.128 e. The molecule has 0 fully saturated rings. The highest BCUT2D eigenvalue weighted by Gasteiger charge is 2.20. The quantitative estimate of drug-likeness (QED) is 0.870. The molecule has 0 aliphatic rings. The van der Waals surface area contributed by atoms with Crippen LogP contribution in [0.5, 0.6) is 0 Å². The van der Waals surface area contributed by atoms with E-state index in [9.17, 15) is 4.39 Å². The van der Waals surface area contributed by atoms with Crippen LogP contribution in [-0.2, 0) is 0 Å². The fraction of sp³-hybridized carbons (Fsp3) is 0.286. The molecule has 1 atom stereocenters. The average molecular weight is 328 g/mol. The van der Waals surface area contributed by atoms with Gasteiger partial charge in [-0.25, -0.2) is 4.39 Å². The summed E-state index contributed by atoms with van der Waals surface area (Å²) < 4.78 is 15.3. The first-order valence-corrected chi connectivity index (χ1v) is 7.33. The smallest absolute Gasteiger partial charge is 0.128 e. The molecule has 0 aliphatic heterocycles. The van der Waals surface area contributed by atoms with E-state index in [4.69, 9.17) is 0 Å². The largest absolute Gasteiger partial charge is 0.309 e. The van der Waals surface area contributed by atoms with Crippen LogP contribution in [0.4, 0.5) is 4.39 Å². The van der Waals surface area contributed by atoms with Crippen molar-refractivity contribution in [1.82, 2.24) is 5.32 Å². The second-order valence-corrected chi connectivity index (χ2v) is 6.84. The number of rotatable bonds is 3. The van der Waals surface area contributed by atoms with Crippen molar-refractivity contribution in [1.29, 1.82) is 0 Å². The summed E-state index contributed by atoms with van der Waals surface area (Å²) in [4.78, 5) is 1.11. The van der Waals surface area contributed by atoms with Gasteiger partial charge in [-0.1, -0.05) is 6.07 Å². The second-order valence-electron chi connectivity index (χ2n) is 4.34. The molecule has 0 saturated heterocycles. The molecule has 0 bridgehead atoms. The Kier molecular flexibility index (Phi) is 4.20. The van der Waals surface area contributed by atoms with Crippen LogP contribution in [0, 0.1) is 19.7 Å². The Labute approximate surface area is 119 Å².